The highest BCUT2D eigenvalue weighted by atomic mass is 32.2. The van der Waals surface area contributed by atoms with Crippen LogP contribution < -0.4 is 10.5 Å². The fraction of sp³-hybridized carbons (Fsp3) is 0.500. The summed E-state index contributed by atoms with van der Waals surface area (Å²) in [6, 6.07) is 6.11. The van der Waals surface area contributed by atoms with E-state index in [2.05, 4.69) is 11.3 Å². The van der Waals surface area contributed by atoms with Crippen molar-refractivity contribution in [3.05, 3.63) is 42.5 Å². The minimum Gasteiger partial charge on any atom is -0.378 e. The Balaban J connectivity index is 1.98. The Bertz CT molecular complexity index is 713. The van der Waals surface area contributed by atoms with Gasteiger partial charge in [-0.2, -0.15) is 0 Å². The van der Waals surface area contributed by atoms with Gasteiger partial charge in [-0.1, -0.05) is 12.1 Å². The lowest BCUT2D eigenvalue weighted by Gasteiger charge is -2.32. The van der Waals surface area contributed by atoms with E-state index in [4.69, 9.17) is 10.5 Å². The largest absolute Gasteiger partial charge is 0.378 e. The number of sulfonamides is 1. The van der Waals surface area contributed by atoms with Crippen molar-refractivity contribution in [1.82, 2.24) is 9.62 Å². The Labute approximate surface area is 155 Å². The number of carbonyl (C=O) groups is 1. The number of nitrogens with zero attached hydrogens (tertiary/aromatic N) is 1. The van der Waals surface area contributed by atoms with Gasteiger partial charge in [0, 0.05) is 31.8 Å². The van der Waals surface area contributed by atoms with Crippen LogP contribution in [-0.4, -0.2) is 58.1 Å². The molecule has 0 unspecified atom stereocenters. The van der Waals surface area contributed by atoms with Gasteiger partial charge in [0.2, 0.25) is 10.0 Å². The smallest absolute Gasteiger partial charge is 0.253 e. The van der Waals surface area contributed by atoms with Crippen LogP contribution in [-0.2, 0) is 14.8 Å². The summed E-state index contributed by atoms with van der Waals surface area (Å²) in [5, 5.41) is 0. The number of piperidine rings is 1. The maximum absolute atomic E-state index is 12.7. The summed E-state index contributed by atoms with van der Waals surface area (Å²) in [7, 11) is -3.65. The molecule has 1 aliphatic heterocycles. The summed E-state index contributed by atoms with van der Waals surface area (Å²) in [5.74, 6) is -0.161. The van der Waals surface area contributed by atoms with E-state index in [1.165, 1.54) is 18.2 Å². The molecule has 0 spiro atoms. The number of carbonyl (C=O) groups excluding carboxylic acids is 1. The zero-order valence-corrected chi connectivity index (χ0v) is 15.7. The molecule has 8 heteroatoms. The lowest BCUT2D eigenvalue weighted by atomic mass is 10.1. The molecule has 1 amide bonds. The van der Waals surface area contributed by atoms with Gasteiger partial charge in [-0.15, -0.1) is 6.58 Å². The number of amides is 1. The minimum atomic E-state index is -3.65. The van der Waals surface area contributed by atoms with Gasteiger partial charge in [0.1, 0.15) is 0 Å². The monoisotopic (exact) mass is 381 g/mol. The van der Waals surface area contributed by atoms with Crippen LogP contribution in [0.5, 0.6) is 0 Å². The molecule has 1 aromatic carbocycles. The highest BCUT2D eigenvalue weighted by Crippen LogP contribution is 2.18. The molecule has 0 saturated carbocycles. The summed E-state index contributed by atoms with van der Waals surface area (Å²) in [6.07, 6.45) is 4.00. The second-order valence-corrected chi connectivity index (χ2v) is 7.94. The minimum absolute atomic E-state index is 0.0743. The summed E-state index contributed by atoms with van der Waals surface area (Å²) in [5.41, 5.74) is 5.82. The number of likely N-dealkylation sites (tertiary alicyclic amines) is 1. The predicted molar refractivity (Wildman–Crippen MR) is 100 cm³/mol. The van der Waals surface area contributed by atoms with Gasteiger partial charge in [-0.25, -0.2) is 13.1 Å². The molecule has 0 aliphatic carbocycles. The topological polar surface area (TPSA) is 102 Å². The highest BCUT2D eigenvalue weighted by Gasteiger charge is 2.25. The normalized spacial score (nSPS) is 15.8. The molecule has 0 aromatic heterocycles. The second kappa shape index (κ2) is 9.82. The van der Waals surface area contributed by atoms with Crippen molar-refractivity contribution in [2.45, 2.75) is 30.3 Å². The molecule has 1 fully saturated rings. The van der Waals surface area contributed by atoms with E-state index in [1.54, 1.807) is 17.0 Å². The van der Waals surface area contributed by atoms with Crippen LogP contribution in [0, 0.1) is 0 Å². The Hall–Kier alpha value is -1.74. The van der Waals surface area contributed by atoms with Crippen molar-refractivity contribution in [3.63, 3.8) is 0 Å². The number of nitrogens with one attached hydrogen (secondary N) is 1. The van der Waals surface area contributed by atoms with Crippen molar-refractivity contribution >= 4 is 15.9 Å². The van der Waals surface area contributed by atoms with Crippen LogP contribution >= 0.6 is 0 Å². The van der Waals surface area contributed by atoms with Gasteiger partial charge in [0.25, 0.3) is 5.91 Å². The van der Waals surface area contributed by atoms with Crippen LogP contribution in [0.1, 0.15) is 29.6 Å². The van der Waals surface area contributed by atoms with Crippen molar-refractivity contribution in [2.75, 3.05) is 32.8 Å². The highest BCUT2D eigenvalue weighted by molar-refractivity contribution is 7.89. The Morgan fingerprint density at radius 1 is 1.38 bits per heavy atom. The molecular formula is C18H27N3O4S. The third kappa shape index (κ3) is 5.63. The zero-order chi connectivity index (χ0) is 19.0. The maximum Gasteiger partial charge on any atom is 0.253 e. The molecule has 1 saturated heterocycles. The summed E-state index contributed by atoms with van der Waals surface area (Å²) >= 11 is 0. The van der Waals surface area contributed by atoms with Gasteiger partial charge in [0.05, 0.1) is 11.0 Å². The Kier molecular flexibility index (Phi) is 7.77. The van der Waals surface area contributed by atoms with E-state index in [0.717, 1.165) is 19.3 Å². The van der Waals surface area contributed by atoms with Crippen molar-refractivity contribution in [1.29, 1.82) is 0 Å². The number of hydrogen-bond donors (Lipinski definition) is 2. The molecule has 26 heavy (non-hydrogen) atoms. The summed E-state index contributed by atoms with van der Waals surface area (Å²) in [6.45, 7) is 6.07. The number of rotatable bonds is 9. The number of ether oxygens (including phenoxy) is 1. The first-order valence-corrected chi connectivity index (χ1v) is 10.3. The lowest BCUT2D eigenvalue weighted by molar-refractivity contribution is 0.00844. The molecule has 0 bridgehead atoms. The van der Waals surface area contributed by atoms with Gasteiger partial charge in [-0.05, 0) is 44.0 Å². The third-order valence-electron chi connectivity index (χ3n) is 4.24. The number of benzene rings is 1. The van der Waals surface area contributed by atoms with E-state index in [-0.39, 0.29) is 23.5 Å². The fourth-order valence-corrected chi connectivity index (χ4v) is 3.83. The van der Waals surface area contributed by atoms with Crippen LogP contribution in [0.4, 0.5) is 0 Å². The van der Waals surface area contributed by atoms with Gasteiger partial charge in [0.15, 0.2) is 0 Å². The Morgan fingerprint density at radius 3 is 2.77 bits per heavy atom. The van der Waals surface area contributed by atoms with Crippen LogP contribution in [0.3, 0.4) is 0 Å². The van der Waals surface area contributed by atoms with Gasteiger partial charge < -0.3 is 15.4 Å². The molecule has 0 atom stereocenters. The van der Waals surface area contributed by atoms with E-state index in [9.17, 15) is 13.2 Å². The van der Waals surface area contributed by atoms with E-state index < -0.39 is 10.0 Å². The predicted octanol–water partition coefficient (Wildman–Crippen LogP) is 1.12. The van der Waals surface area contributed by atoms with Gasteiger partial charge >= 0.3 is 0 Å². The molecule has 1 aliphatic rings. The van der Waals surface area contributed by atoms with E-state index >= 15 is 0 Å². The number of nitrogens with two attached hydrogens (primary N) is 1. The first kappa shape index (κ1) is 20.6. The first-order chi connectivity index (χ1) is 12.5. The molecule has 2 rings (SSSR count). The molecule has 144 valence electrons. The molecule has 7 nitrogen and oxygen atoms in total. The van der Waals surface area contributed by atoms with Crippen molar-refractivity contribution in [3.8, 4) is 0 Å². The molecule has 1 aromatic rings. The molecule has 3 N–H and O–H groups in total. The van der Waals surface area contributed by atoms with Crippen LogP contribution in [0.15, 0.2) is 41.8 Å². The Morgan fingerprint density at radius 2 is 2.12 bits per heavy atom. The zero-order valence-electron chi connectivity index (χ0n) is 14.9. The van der Waals surface area contributed by atoms with Gasteiger partial charge in [-0.3, -0.25) is 4.79 Å². The van der Waals surface area contributed by atoms with Crippen LogP contribution in [0.25, 0.3) is 0 Å². The van der Waals surface area contributed by atoms with Crippen molar-refractivity contribution in [2.24, 2.45) is 5.73 Å². The molecule has 0 radical (unpaired) electrons. The average Bonchev–Trinajstić information content (AvgIpc) is 2.67. The standard InChI is InChI=1S/C18H27N3O4S/c1-2-10-20-26(23,24)17-6-3-5-15(14-17)18(22)21-11-7-16(8-12-21)25-13-4-9-19/h2-3,5-6,14,16,20H,1,4,7-13,19H2. The second-order valence-electron chi connectivity index (χ2n) is 6.17. The maximum atomic E-state index is 12.7. The van der Waals surface area contributed by atoms with E-state index in [0.29, 0.717) is 31.8 Å². The van der Waals surface area contributed by atoms with E-state index in [1.807, 2.05) is 0 Å². The lowest BCUT2D eigenvalue weighted by Crippen LogP contribution is -2.41. The number of hydrogen-bond acceptors (Lipinski definition) is 5. The first-order valence-electron chi connectivity index (χ1n) is 8.79. The summed E-state index contributed by atoms with van der Waals surface area (Å²) in [4.78, 5) is 14.5. The average molecular weight is 381 g/mol. The quantitative estimate of drug-likeness (QED) is 0.493. The van der Waals surface area contributed by atoms with Crippen molar-refractivity contribution < 1.29 is 17.9 Å². The SMILES string of the molecule is C=CCNS(=O)(=O)c1cccc(C(=O)N2CCC(OCCCN)CC2)c1. The fourth-order valence-electron chi connectivity index (χ4n) is 2.79. The molecular weight excluding hydrogens is 354 g/mol. The molecule has 1 heterocycles. The van der Waals surface area contributed by atoms with Crippen LogP contribution in [0.2, 0.25) is 0 Å². The third-order valence-corrected chi connectivity index (χ3v) is 5.66. The summed E-state index contributed by atoms with van der Waals surface area (Å²) < 4.78 is 32.6.